The van der Waals surface area contributed by atoms with Crippen molar-refractivity contribution in [2.45, 2.75) is 46.3 Å². The van der Waals surface area contributed by atoms with Crippen LogP contribution in [-0.2, 0) is 0 Å². The Kier molecular flexibility index (Phi) is 4.96. The van der Waals surface area contributed by atoms with E-state index in [4.69, 9.17) is 12.2 Å². The lowest BCUT2D eigenvalue weighted by molar-refractivity contribution is 0.200. The summed E-state index contributed by atoms with van der Waals surface area (Å²) >= 11 is 8.11. The number of thioether (sulfide) groups is 1. The van der Waals surface area contributed by atoms with Crippen LogP contribution >= 0.6 is 24.0 Å². The number of benzene rings is 2. The van der Waals surface area contributed by atoms with Gasteiger partial charge in [-0.3, -0.25) is 0 Å². The van der Waals surface area contributed by atoms with Crippen LogP contribution in [0.1, 0.15) is 52.7 Å². The lowest BCUT2D eigenvalue weighted by Crippen LogP contribution is -2.61. The number of rotatable bonds is 2. The molecule has 1 aliphatic heterocycles. The molecule has 1 saturated heterocycles. The summed E-state index contributed by atoms with van der Waals surface area (Å²) in [6.07, 6.45) is 0. The lowest BCUT2D eigenvalue weighted by atomic mass is 9.63. The van der Waals surface area contributed by atoms with Crippen LogP contribution in [-0.4, -0.2) is 9.61 Å². The van der Waals surface area contributed by atoms with Crippen molar-refractivity contribution < 1.29 is 0 Å². The highest BCUT2D eigenvalue weighted by Gasteiger charge is 2.62. The molecule has 2 aromatic rings. The molecule has 0 saturated carbocycles. The molecule has 1 aliphatic rings. The van der Waals surface area contributed by atoms with Crippen molar-refractivity contribution in [3.63, 3.8) is 0 Å². The van der Waals surface area contributed by atoms with E-state index >= 15 is 0 Å². The maximum atomic E-state index is 6.13. The Balaban J connectivity index is 2.20. The molecule has 0 aliphatic carbocycles. The van der Waals surface area contributed by atoms with E-state index in [0.717, 1.165) is 4.86 Å². The highest BCUT2D eigenvalue weighted by molar-refractivity contribution is 8.12. The van der Waals surface area contributed by atoms with Crippen molar-refractivity contribution >= 4 is 34.4 Å². The quantitative estimate of drug-likeness (QED) is 0.393. The average Bonchev–Trinajstić information content (AvgIpc) is 2.56. The van der Waals surface area contributed by atoms with Gasteiger partial charge in [0.05, 0.1) is 4.75 Å². The topological polar surface area (TPSA) is 0 Å². The van der Waals surface area contributed by atoms with E-state index in [0.29, 0.717) is 0 Å². The van der Waals surface area contributed by atoms with Gasteiger partial charge in [-0.15, -0.1) is 11.8 Å². The van der Waals surface area contributed by atoms with Crippen LogP contribution in [0.3, 0.4) is 0 Å². The SMILES string of the molecule is CC(C)(C)C1(C(C)(C)C)SC(=C(c2ccccc2)c2ccccc2)C1=S. The van der Waals surface area contributed by atoms with Gasteiger partial charge in [-0.1, -0.05) is 114 Å². The Morgan fingerprint density at radius 3 is 1.42 bits per heavy atom. The van der Waals surface area contributed by atoms with Gasteiger partial charge in [-0.25, -0.2) is 0 Å². The first-order valence-electron chi connectivity index (χ1n) is 9.18. The molecule has 1 heterocycles. The van der Waals surface area contributed by atoms with E-state index < -0.39 is 0 Å². The maximum absolute atomic E-state index is 6.13. The van der Waals surface area contributed by atoms with Crippen LogP contribution in [0.25, 0.3) is 5.57 Å². The molecule has 0 radical (unpaired) electrons. The Morgan fingerprint density at radius 1 is 0.731 bits per heavy atom. The minimum atomic E-state index is -0.0422. The summed E-state index contributed by atoms with van der Waals surface area (Å²) in [4.78, 5) is 2.38. The zero-order chi connectivity index (χ0) is 19.2. The van der Waals surface area contributed by atoms with E-state index in [9.17, 15) is 0 Å². The van der Waals surface area contributed by atoms with Gasteiger partial charge in [-0.05, 0) is 22.0 Å². The van der Waals surface area contributed by atoms with Gasteiger partial charge in [-0.2, -0.15) is 0 Å². The van der Waals surface area contributed by atoms with Gasteiger partial charge in [0.15, 0.2) is 0 Å². The van der Waals surface area contributed by atoms with Crippen LogP contribution in [0.15, 0.2) is 65.6 Å². The molecule has 0 nitrogen and oxygen atoms in total. The molecule has 26 heavy (non-hydrogen) atoms. The van der Waals surface area contributed by atoms with Crippen LogP contribution in [0.2, 0.25) is 0 Å². The Hall–Kier alpha value is -1.38. The van der Waals surface area contributed by atoms with E-state index in [2.05, 4.69) is 102 Å². The minimum absolute atomic E-state index is 0.0422. The lowest BCUT2D eigenvalue weighted by Gasteiger charge is -2.60. The second kappa shape index (κ2) is 6.65. The summed E-state index contributed by atoms with van der Waals surface area (Å²) in [6.45, 7) is 13.9. The molecule has 3 rings (SSSR count). The molecule has 1 fully saturated rings. The summed E-state index contributed by atoms with van der Waals surface area (Å²) in [7, 11) is 0. The Labute approximate surface area is 168 Å². The standard InChI is InChI=1S/C24H28S2/c1-22(2,3)24(23(4,5)6)21(25)20(26-24)19(17-13-9-7-10-14-17)18-15-11-8-12-16-18/h7-16H,1-6H3. The third kappa shape index (κ3) is 2.97. The van der Waals surface area contributed by atoms with Gasteiger partial charge < -0.3 is 0 Å². The summed E-state index contributed by atoms with van der Waals surface area (Å²) in [5.74, 6) is 0. The molecule has 0 amide bonds. The van der Waals surface area contributed by atoms with Crippen molar-refractivity contribution in [2.24, 2.45) is 10.8 Å². The predicted octanol–water partition coefficient (Wildman–Crippen LogP) is 7.39. The molecule has 0 aromatic heterocycles. The monoisotopic (exact) mass is 380 g/mol. The van der Waals surface area contributed by atoms with Crippen LogP contribution in [0, 0.1) is 10.8 Å². The molecule has 2 aromatic carbocycles. The van der Waals surface area contributed by atoms with Crippen LogP contribution < -0.4 is 0 Å². The van der Waals surface area contributed by atoms with E-state index in [-0.39, 0.29) is 15.6 Å². The Bertz CT molecular complexity index is 776. The zero-order valence-corrected chi connectivity index (χ0v) is 18.2. The van der Waals surface area contributed by atoms with Crippen molar-refractivity contribution in [1.82, 2.24) is 0 Å². The number of thiocarbonyl (C=S) groups is 1. The van der Waals surface area contributed by atoms with Gasteiger partial charge >= 0.3 is 0 Å². The van der Waals surface area contributed by atoms with Crippen molar-refractivity contribution in [1.29, 1.82) is 0 Å². The fraction of sp³-hybridized carbons (Fsp3) is 0.375. The second-order valence-corrected chi connectivity index (χ2v) is 10.7. The first-order chi connectivity index (χ1) is 12.1. The molecule has 2 heteroatoms. The fourth-order valence-electron chi connectivity index (χ4n) is 4.27. The van der Waals surface area contributed by atoms with E-state index in [1.165, 1.54) is 21.6 Å². The second-order valence-electron chi connectivity index (χ2n) is 9.05. The molecule has 0 atom stereocenters. The largest absolute Gasteiger partial charge is 0.111 e. The normalized spacial score (nSPS) is 17.0. The zero-order valence-electron chi connectivity index (χ0n) is 16.6. The number of hydrogen-bond acceptors (Lipinski definition) is 2. The smallest absolute Gasteiger partial charge is 0.0665 e. The average molecular weight is 381 g/mol. The number of allylic oxidation sites excluding steroid dienone is 1. The highest BCUT2D eigenvalue weighted by atomic mass is 32.2. The van der Waals surface area contributed by atoms with Gasteiger partial charge in [0.2, 0.25) is 0 Å². The van der Waals surface area contributed by atoms with Crippen LogP contribution in [0.4, 0.5) is 0 Å². The van der Waals surface area contributed by atoms with Crippen LogP contribution in [0.5, 0.6) is 0 Å². The van der Waals surface area contributed by atoms with Crippen molar-refractivity contribution in [2.75, 3.05) is 0 Å². The highest BCUT2D eigenvalue weighted by Crippen LogP contribution is 2.66. The van der Waals surface area contributed by atoms with Gasteiger partial charge in [0.25, 0.3) is 0 Å². The summed E-state index contributed by atoms with van der Waals surface area (Å²) in [6, 6.07) is 21.3. The third-order valence-corrected chi connectivity index (χ3v) is 8.36. The number of hydrogen-bond donors (Lipinski definition) is 0. The summed E-state index contributed by atoms with van der Waals surface area (Å²) in [5, 5.41) is 0. The Morgan fingerprint density at radius 2 is 1.12 bits per heavy atom. The van der Waals surface area contributed by atoms with Crippen molar-refractivity contribution in [3.8, 4) is 0 Å². The summed E-state index contributed by atoms with van der Waals surface area (Å²) in [5.41, 5.74) is 3.93. The summed E-state index contributed by atoms with van der Waals surface area (Å²) < 4.78 is -0.0422. The van der Waals surface area contributed by atoms with E-state index in [1.807, 2.05) is 11.8 Å². The maximum Gasteiger partial charge on any atom is 0.0665 e. The molecular formula is C24H28S2. The first kappa shape index (κ1) is 19.4. The van der Waals surface area contributed by atoms with Crippen molar-refractivity contribution in [3.05, 3.63) is 76.7 Å². The minimum Gasteiger partial charge on any atom is -0.111 e. The predicted molar refractivity (Wildman–Crippen MR) is 121 cm³/mol. The van der Waals surface area contributed by atoms with Gasteiger partial charge in [0.1, 0.15) is 0 Å². The fourth-order valence-corrected chi connectivity index (χ4v) is 6.78. The first-order valence-corrected chi connectivity index (χ1v) is 10.4. The third-order valence-electron chi connectivity index (χ3n) is 5.25. The van der Waals surface area contributed by atoms with Gasteiger partial charge in [0, 0.05) is 15.3 Å². The molecule has 0 spiro atoms. The molecule has 0 unspecified atom stereocenters. The molecule has 0 bridgehead atoms. The molecule has 0 N–H and O–H groups in total. The van der Waals surface area contributed by atoms with E-state index in [1.54, 1.807) is 0 Å². The molecular weight excluding hydrogens is 352 g/mol. The molecule has 136 valence electrons.